The maximum atomic E-state index is 12.1. The summed E-state index contributed by atoms with van der Waals surface area (Å²) in [6.45, 7) is 0.782. The van der Waals surface area contributed by atoms with Gasteiger partial charge < -0.3 is 14.6 Å². The van der Waals surface area contributed by atoms with Crippen molar-refractivity contribution in [1.82, 2.24) is 14.3 Å². The highest BCUT2D eigenvalue weighted by atomic mass is 16.5. The number of aryl methyl sites for hydroxylation is 1. The molecule has 0 aliphatic carbocycles. The minimum Gasteiger partial charge on any atom is -0.491 e. The van der Waals surface area contributed by atoms with E-state index in [1.54, 1.807) is 19.2 Å². The molecule has 0 saturated carbocycles. The van der Waals surface area contributed by atoms with Crippen LogP contribution in [0.3, 0.4) is 0 Å². The van der Waals surface area contributed by atoms with E-state index in [-0.39, 0.29) is 5.69 Å². The molecule has 23 heavy (non-hydrogen) atoms. The Bertz CT molecular complexity index is 822. The fraction of sp³-hybridized carbons (Fsp3) is 0.286. The third-order valence-corrected chi connectivity index (χ3v) is 2.98. The number of carboxylic acid groups (broad SMARTS) is 1. The van der Waals surface area contributed by atoms with Crippen LogP contribution in [-0.4, -0.2) is 45.7 Å². The number of carbonyl (C=O) groups is 1. The first kappa shape index (κ1) is 16.4. The maximum absolute atomic E-state index is 12.1. The van der Waals surface area contributed by atoms with Crippen molar-refractivity contribution in [2.75, 3.05) is 20.3 Å². The Balaban J connectivity index is 2.44. The zero-order valence-electron chi connectivity index (χ0n) is 12.6. The Morgan fingerprint density at radius 1 is 1.22 bits per heavy atom. The molecule has 0 spiro atoms. The van der Waals surface area contributed by atoms with Crippen molar-refractivity contribution in [3.63, 3.8) is 0 Å². The van der Waals surface area contributed by atoms with Gasteiger partial charge in [0, 0.05) is 14.2 Å². The van der Waals surface area contributed by atoms with Crippen molar-refractivity contribution in [2.45, 2.75) is 0 Å². The number of benzene rings is 1. The Morgan fingerprint density at radius 3 is 2.43 bits per heavy atom. The lowest BCUT2D eigenvalue weighted by atomic mass is 10.3. The summed E-state index contributed by atoms with van der Waals surface area (Å²) in [4.78, 5) is 35.3. The molecule has 0 atom stereocenters. The van der Waals surface area contributed by atoms with Crippen LogP contribution in [0.2, 0.25) is 0 Å². The number of hydrogen-bond donors (Lipinski definition) is 1. The van der Waals surface area contributed by atoms with Crippen LogP contribution in [-0.2, 0) is 11.8 Å². The van der Waals surface area contributed by atoms with Crippen LogP contribution in [0.1, 0.15) is 10.5 Å². The number of rotatable bonds is 6. The SMILES string of the molecule is COCCOc1ccc(-n2c(=O)c(C(=O)O)nn(C)c2=O)cc1. The van der Waals surface area contributed by atoms with E-state index in [9.17, 15) is 14.4 Å². The van der Waals surface area contributed by atoms with Gasteiger partial charge in [0.25, 0.3) is 5.56 Å². The van der Waals surface area contributed by atoms with E-state index >= 15 is 0 Å². The second-order valence-corrected chi connectivity index (χ2v) is 4.54. The van der Waals surface area contributed by atoms with Crippen LogP contribution in [0, 0.1) is 0 Å². The zero-order valence-corrected chi connectivity index (χ0v) is 12.6. The van der Waals surface area contributed by atoms with Gasteiger partial charge in [0.2, 0.25) is 5.69 Å². The average molecular weight is 321 g/mol. The monoisotopic (exact) mass is 321 g/mol. The first-order chi connectivity index (χ1) is 11.0. The average Bonchev–Trinajstić information content (AvgIpc) is 2.52. The maximum Gasteiger partial charge on any atom is 0.362 e. The van der Waals surface area contributed by atoms with E-state index in [1.807, 2.05) is 0 Å². The molecule has 1 aromatic heterocycles. The van der Waals surface area contributed by atoms with Gasteiger partial charge in [-0.2, -0.15) is 5.10 Å². The van der Waals surface area contributed by atoms with Gasteiger partial charge in [-0.05, 0) is 24.3 Å². The van der Waals surface area contributed by atoms with Crippen LogP contribution in [0.15, 0.2) is 33.9 Å². The number of methoxy groups -OCH3 is 1. The molecule has 0 aliphatic heterocycles. The molecule has 0 fully saturated rings. The summed E-state index contributed by atoms with van der Waals surface area (Å²) < 4.78 is 11.8. The zero-order chi connectivity index (χ0) is 17.0. The molecule has 0 amide bonds. The van der Waals surface area contributed by atoms with E-state index < -0.39 is 22.9 Å². The predicted octanol–water partition coefficient (Wildman–Crippen LogP) is -0.345. The van der Waals surface area contributed by atoms with E-state index in [0.717, 1.165) is 9.25 Å². The smallest absolute Gasteiger partial charge is 0.362 e. The van der Waals surface area contributed by atoms with Crippen LogP contribution in [0.4, 0.5) is 0 Å². The topological polar surface area (TPSA) is 113 Å². The van der Waals surface area contributed by atoms with Crippen LogP contribution in [0.5, 0.6) is 5.75 Å². The highest BCUT2D eigenvalue weighted by Gasteiger charge is 2.18. The third kappa shape index (κ3) is 3.46. The van der Waals surface area contributed by atoms with Gasteiger partial charge >= 0.3 is 11.7 Å². The summed E-state index contributed by atoms with van der Waals surface area (Å²) in [5.41, 5.74) is -2.24. The van der Waals surface area contributed by atoms with E-state index in [4.69, 9.17) is 14.6 Å². The summed E-state index contributed by atoms with van der Waals surface area (Å²) in [5, 5.41) is 12.5. The lowest BCUT2D eigenvalue weighted by Crippen LogP contribution is -2.42. The summed E-state index contributed by atoms with van der Waals surface area (Å²) in [6.07, 6.45) is 0. The molecule has 0 bridgehead atoms. The summed E-state index contributed by atoms with van der Waals surface area (Å²) >= 11 is 0. The van der Waals surface area contributed by atoms with E-state index in [1.165, 1.54) is 19.2 Å². The Labute approximate surface area is 130 Å². The molecule has 9 heteroatoms. The van der Waals surface area contributed by atoms with Crippen molar-refractivity contribution in [1.29, 1.82) is 0 Å². The predicted molar refractivity (Wildman–Crippen MR) is 79.4 cm³/mol. The molecule has 122 valence electrons. The molecular formula is C14H15N3O6. The molecule has 0 saturated heterocycles. The van der Waals surface area contributed by atoms with Gasteiger partial charge in [0.05, 0.1) is 12.3 Å². The molecule has 0 aliphatic rings. The second kappa shape index (κ2) is 6.88. The summed E-state index contributed by atoms with van der Waals surface area (Å²) in [5.74, 6) is -0.970. The van der Waals surface area contributed by atoms with Crippen molar-refractivity contribution >= 4 is 5.97 Å². The summed E-state index contributed by atoms with van der Waals surface area (Å²) in [6, 6.07) is 6.10. The van der Waals surface area contributed by atoms with Crippen molar-refractivity contribution in [3.8, 4) is 11.4 Å². The molecule has 0 unspecified atom stereocenters. The molecular weight excluding hydrogens is 306 g/mol. The van der Waals surface area contributed by atoms with E-state index in [2.05, 4.69) is 5.10 Å². The first-order valence-electron chi connectivity index (χ1n) is 6.61. The van der Waals surface area contributed by atoms with Gasteiger partial charge in [-0.3, -0.25) is 4.79 Å². The third-order valence-electron chi connectivity index (χ3n) is 2.98. The van der Waals surface area contributed by atoms with Crippen LogP contribution >= 0.6 is 0 Å². The van der Waals surface area contributed by atoms with Gasteiger partial charge in [-0.25, -0.2) is 18.8 Å². The van der Waals surface area contributed by atoms with Gasteiger partial charge in [-0.1, -0.05) is 0 Å². The highest BCUT2D eigenvalue weighted by Crippen LogP contribution is 2.13. The Kier molecular flexibility index (Phi) is 4.91. The number of nitrogens with zero attached hydrogens (tertiary/aromatic N) is 3. The van der Waals surface area contributed by atoms with E-state index in [0.29, 0.717) is 19.0 Å². The number of hydrogen-bond acceptors (Lipinski definition) is 6. The molecule has 2 rings (SSSR count). The lowest BCUT2D eigenvalue weighted by Gasteiger charge is -2.09. The number of ether oxygens (including phenoxy) is 2. The molecule has 1 heterocycles. The Hall–Kier alpha value is -2.94. The largest absolute Gasteiger partial charge is 0.491 e. The van der Waals surface area contributed by atoms with Gasteiger partial charge in [-0.15, -0.1) is 0 Å². The molecule has 0 radical (unpaired) electrons. The molecule has 2 aromatic rings. The molecule has 1 aromatic carbocycles. The fourth-order valence-electron chi connectivity index (χ4n) is 1.87. The van der Waals surface area contributed by atoms with Gasteiger partial charge in [0.15, 0.2) is 0 Å². The minimum atomic E-state index is -1.50. The Morgan fingerprint density at radius 2 is 1.87 bits per heavy atom. The van der Waals surface area contributed by atoms with Crippen molar-refractivity contribution < 1.29 is 19.4 Å². The lowest BCUT2D eigenvalue weighted by molar-refractivity contribution is 0.0684. The number of aromatic nitrogens is 3. The second-order valence-electron chi connectivity index (χ2n) is 4.54. The van der Waals surface area contributed by atoms with Crippen LogP contribution in [0.25, 0.3) is 5.69 Å². The van der Waals surface area contributed by atoms with Crippen LogP contribution < -0.4 is 16.0 Å². The normalized spacial score (nSPS) is 10.5. The first-order valence-corrected chi connectivity index (χ1v) is 6.61. The van der Waals surface area contributed by atoms with Crippen molar-refractivity contribution in [3.05, 3.63) is 50.8 Å². The standard InChI is InChI=1S/C14H15N3O6/c1-16-14(21)17(12(18)11(15-16)13(19)20)9-3-5-10(6-4-9)23-8-7-22-2/h3-6H,7-8H2,1-2H3,(H,19,20). The molecule has 1 N–H and O–H groups in total. The number of aromatic carboxylic acids is 1. The van der Waals surface area contributed by atoms with Gasteiger partial charge in [0.1, 0.15) is 12.4 Å². The molecule has 9 nitrogen and oxygen atoms in total. The quantitative estimate of drug-likeness (QED) is 0.724. The summed E-state index contributed by atoms with van der Waals surface area (Å²) in [7, 11) is 2.82. The fourth-order valence-corrected chi connectivity index (χ4v) is 1.87. The van der Waals surface area contributed by atoms with Crippen molar-refractivity contribution in [2.24, 2.45) is 7.05 Å². The highest BCUT2D eigenvalue weighted by molar-refractivity contribution is 5.84. The minimum absolute atomic E-state index is 0.222. The number of carboxylic acids is 1.